The van der Waals surface area contributed by atoms with Crippen LogP contribution in [-0.2, 0) is 21.5 Å². The number of hydrazone groups is 1. The highest BCUT2D eigenvalue weighted by molar-refractivity contribution is 8.15. The Morgan fingerprint density at radius 3 is 2.47 bits per heavy atom. The van der Waals surface area contributed by atoms with Crippen molar-refractivity contribution in [2.45, 2.75) is 56.9 Å². The number of nitrogen functional groups attached to an aromatic ring is 1. The van der Waals surface area contributed by atoms with Crippen LogP contribution in [-0.4, -0.2) is 119 Å². The summed E-state index contributed by atoms with van der Waals surface area (Å²) < 4.78 is 43.1. The molecule has 5 N–H and O–H groups in total. The Morgan fingerprint density at radius 2 is 1.71 bits per heavy atom. The number of hydroxylamine groups is 2. The summed E-state index contributed by atoms with van der Waals surface area (Å²) in [6.07, 6.45) is 3.16. The first-order valence-corrected chi connectivity index (χ1v) is 23.9. The average Bonchev–Trinajstić information content (AvgIpc) is 3.89. The van der Waals surface area contributed by atoms with Gasteiger partial charge in [-0.15, -0.1) is 5.06 Å². The number of nitrogens with one attached hydrogen (secondary N) is 2. The molecule has 0 saturated carbocycles. The van der Waals surface area contributed by atoms with E-state index in [0.29, 0.717) is 62.0 Å². The third-order valence-electron chi connectivity index (χ3n) is 11.8. The van der Waals surface area contributed by atoms with Crippen LogP contribution < -0.4 is 26.0 Å². The van der Waals surface area contributed by atoms with Gasteiger partial charge in [0.2, 0.25) is 12.3 Å². The van der Waals surface area contributed by atoms with Crippen molar-refractivity contribution in [3.8, 4) is 17.0 Å². The quantitative estimate of drug-likeness (QED) is 0.0234. The molecule has 0 bridgehead atoms. The second-order valence-electron chi connectivity index (χ2n) is 18.1. The third kappa shape index (κ3) is 12.3. The number of anilines is 4. The van der Waals surface area contributed by atoms with Crippen molar-refractivity contribution in [3.63, 3.8) is 0 Å². The van der Waals surface area contributed by atoms with Crippen molar-refractivity contribution in [1.82, 2.24) is 34.8 Å². The molecule has 19 heteroatoms. The van der Waals surface area contributed by atoms with E-state index in [1.54, 1.807) is 41.1 Å². The largest absolute Gasteiger partial charge is 0.494 e. The minimum absolute atomic E-state index is 0.0370. The summed E-state index contributed by atoms with van der Waals surface area (Å²) in [6, 6.07) is 26.4. The summed E-state index contributed by atoms with van der Waals surface area (Å²) in [4.78, 5) is 31.0. The number of ether oxygens (including phenoxy) is 2. The van der Waals surface area contributed by atoms with Gasteiger partial charge in [-0.25, -0.2) is 28.6 Å². The SMILES string of the molecule is COc1cc(N(C)CCN(C)CCCON(C)C(O)N2N=C(c3cc(F)ccc3F)S[C@@]2(CCCNC(=O)OC(C)(C)C)c2ccccc2)c(N)cc1Nc1nccc(-c2cn(C)c3ccccc23)n1. The summed E-state index contributed by atoms with van der Waals surface area (Å²) in [6.45, 7) is 7.89. The molecule has 1 aliphatic heterocycles. The number of aliphatic hydroxyl groups excluding tert-OH is 1. The van der Waals surface area contributed by atoms with Crippen LogP contribution in [0.1, 0.15) is 51.2 Å². The maximum absolute atomic E-state index is 15.3. The lowest BCUT2D eigenvalue weighted by atomic mass is 10.0. The zero-order chi connectivity index (χ0) is 50.2. The molecular formula is C51H63F2N11O5S. The molecule has 0 radical (unpaired) electrons. The van der Waals surface area contributed by atoms with E-state index in [-0.39, 0.29) is 23.8 Å². The summed E-state index contributed by atoms with van der Waals surface area (Å²) >= 11 is 1.20. The molecule has 70 heavy (non-hydrogen) atoms. The molecule has 2 atom stereocenters. The van der Waals surface area contributed by atoms with Crippen LogP contribution in [0.4, 0.5) is 36.6 Å². The minimum Gasteiger partial charge on any atom is -0.494 e. The van der Waals surface area contributed by atoms with E-state index in [1.807, 2.05) is 81.8 Å². The van der Waals surface area contributed by atoms with Crippen molar-refractivity contribution in [2.75, 3.05) is 77.0 Å². The van der Waals surface area contributed by atoms with Crippen molar-refractivity contribution in [3.05, 3.63) is 126 Å². The normalized spacial score (nSPS) is 15.4. The van der Waals surface area contributed by atoms with Gasteiger partial charge in [-0.2, -0.15) is 5.10 Å². The Kier molecular flexibility index (Phi) is 16.5. The van der Waals surface area contributed by atoms with E-state index < -0.39 is 34.6 Å². The van der Waals surface area contributed by atoms with E-state index in [4.69, 9.17) is 30.1 Å². The lowest BCUT2D eigenvalue weighted by Crippen LogP contribution is -2.51. The van der Waals surface area contributed by atoms with Crippen LogP contribution in [0.15, 0.2) is 108 Å². The fraction of sp³-hybridized carbons (Fsp3) is 0.373. The van der Waals surface area contributed by atoms with Crippen LogP contribution in [0.3, 0.4) is 0 Å². The Morgan fingerprint density at radius 1 is 0.957 bits per heavy atom. The number of nitrogens with two attached hydrogens (primary N) is 1. The number of rotatable bonds is 21. The van der Waals surface area contributed by atoms with Gasteiger partial charge in [-0.05, 0) is 89.0 Å². The molecule has 2 aromatic heterocycles. The number of aromatic nitrogens is 3. The van der Waals surface area contributed by atoms with Gasteiger partial charge in [0.1, 0.15) is 32.9 Å². The highest BCUT2D eigenvalue weighted by Crippen LogP contribution is 2.51. The Balaban J connectivity index is 0.955. The van der Waals surface area contributed by atoms with Crippen molar-refractivity contribution < 1.29 is 33.0 Å². The van der Waals surface area contributed by atoms with Gasteiger partial charge in [0.15, 0.2) is 0 Å². The number of alkyl carbamates (subject to hydrolysis) is 1. The Bertz CT molecular complexity index is 2780. The lowest BCUT2D eigenvalue weighted by molar-refractivity contribution is -0.278. The minimum atomic E-state index is -1.45. The summed E-state index contributed by atoms with van der Waals surface area (Å²) in [5, 5.41) is 26.9. The van der Waals surface area contributed by atoms with Gasteiger partial charge >= 0.3 is 6.09 Å². The Hall–Kier alpha value is -6.51. The second kappa shape index (κ2) is 22.5. The molecule has 1 unspecified atom stereocenters. The van der Waals surface area contributed by atoms with E-state index >= 15 is 4.39 Å². The molecular weight excluding hydrogens is 917 g/mol. The number of likely N-dealkylation sites (N-methyl/N-ethyl adjacent to an activating group) is 2. The molecule has 0 fully saturated rings. The smallest absolute Gasteiger partial charge is 0.407 e. The van der Waals surface area contributed by atoms with Gasteiger partial charge in [0.05, 0.1) is 36.5 Å². The van der Waals surface area contributed by atoms with Crippen LogP contribution in [0.2, 0.25) is 0 Å². The number of amides is 1. The topological polar surface area (TPSA) is 171 Å². The first-order chi connectivity index (χ1) is 33.5. The van der Waals surface area contributed by atoms with Gasteiger partial charge in [0.25, 0.3) is 0 Å². The standard InChI is InChI=1S/C51H63F2N11O5S/c1-50(2,3)69-48(65)56-24-14-23-51(34-16-10-9-11-17-34)64(59-46(70-51)37-30-35(52)20-21-39(37)53)49(66)63(7)68-29-15-26-60(4)27-28-61(5)44-32-45(67-8)42(31-40(44)54)58-47-55-25-22-41(57-47)38-33-62(6)43-19-13-12-18-36(38)43/h9-13,16-22,25,30-33,49,66H,14-15,23-24,26-29,54H2,1-8H3,(H,56,65)(H,55,57,58)/t49?,51-/m0/s1. The number of methoxy groups -OCH3 is 1. The van der Waals surface area contributed by atoms with Crippen molar-refractivity contribution in [2.24, 2.45) is 12.1 Å². The maximum atomic E-state index is 15.3. The predicted molar refractivity (Wildman–Crippen MR) is 274 cm³/mol. The molecule has 0 aliphatic carbocycles. The van der Waals surface area contributed by atoms with Crippen molar-refractivity contribution in [1.29, 1.82) is 0 Å². The van der Waals surface area contributed by atoms with Crippen molar-refractivity contribution >= 4 is 56.8 Å². The highest BCUT2D eigenvalue weighted by Gasteiger charge is 2.49. The summed E-state index contributed by atoms with van der Waals surface area (Å²) in [5.41, 5.74) is 11.6. The molecule has 4 aromatic carbocycles. The third-order valence-corrected chi connectivity index (χ3v) is 13.2. The second-order valence-corrected chi connectivity index (χ2v) is 19.4. The number of fused-ring (bicyclic) bond motifs is 1. The number of carbonyl (C=O) groups is 1. The van der Waals surface area contributed by atoms with E-state index in [9.17, 15) is 14.3 Å². The van der Waals surface area contributed by atoms with E-state index in [2.05, 4.69) is 48.3 Å². The number of benzene rings is 4. The molecule has 3 heterocycles. The molecule has 16 nitrogen and oxygen atoms in total. The van der Waals surface area contributed by atoms with Gasteiger partial charge in [0, 0.05) is 87.8 Å². The number of nitrogens with zero attached hydrogens (tertiary/aromatic N) is 8. The fourth-order valence-electron chi connectivity index (χ4n) is 8.18. The number of aliphatic hydroxyl groups is 1. The van der Waals surface area contributed by atoms with E-state index in [0.717, 1.165) is 51.6 Å². The number of para-hydroxylation sites is 1. The molecule has 7 rings (SSSR count). The highest BCUT2D eigenvalue weighted by atomic mass is 32.2. The monoisotopic (exact) mass is 979 g/mol. The fourth-order valence-corrected chi connectivity index (χ4v) is 9.63. The lowest BCUT2D eigenvalue weighted by Gasteiger charge is -2.41. The number of carbonyl (C=O) groups excluding carboxylic acids is 1. The van der Waals surface area contributed by atoms with Crippen LogP contribution >= 0.6 is 11.8 Å². The van der Waals surface area contributed by atoms with Gasteiger partial charge < -0.3 is 45.3 Å². The molecule has 0 spiro atoms. The number of hydrogen-bond acceptors (Lipinski definition) is 15. The Labute approximate surface area is 412 Å². The van der Waals surface area contributed by atoms with Crippen LogP contribution in [0.25, 0.3) is 22.2 Å². The zero-order valence-corrected chi connectivity index (χ0v) is 41.8. The molecule has 0 saturated heterocycles. The number of aryl methyl sites for hydroxylation is 1. The van der Waals surface area contributed by atoms with E-state index in [1.165, 1.54) is 21.8 Å². The first kappa shape index (κ1) is 51.3. The van der Waals surface area contributed by atoms with Crippen LogP contribution in [0, 0.1) is 11.6 Å². The van der Waals surface area contributed by atoms with Crippen LogP contribution in [0.5, 0.6) is 5.75 Å². The zero-order valence-electron chi connectivity index (χ0n) is 40.9. The molecule has 372 valence electrons. The number of thioether (sulfide) groups is 1. The molecule has 1 amide bonds. The summed E-state index contributed by atoms with van der Waals surface area (Å²) in [7, 11) is 9.22. The number of hydrogen-bond donors (Lipinski definition) is 4. The van der Waals surface area contributed by atoms with Gasteiger partial charge in [-0.1, -0.05) is 60.3 Å². The average molecular weight is 980 g/mol. The molecule has 6 aromatic rings. The first-order valence-electron chi connectivity index (χ1n) is 23.1. The molecule has 1 aliphatic rings. The maximum Gasteiger partial charge on any atom is 0.407 e. The number of halogens is 2. The van der Waals surface area contributed by atoms with Gasteiger partial charge in [-0.3, -0.25) is 4.84 Å². The summed E-state index contributed by atoms with van der Waals surface area (Å²) in [5.74, 6) is -0.287. The predicted octanol–water partition coefficient (Wildman–Crippen LogP) is 8.71.